The average molecular weight is 355 g/mol. The lowest BCUT2D eigenvalue weighted by Gasteiger charge is -2.35. The molecule has 1 atom stereocenters. The summed E-state index contributed by atoms with van der Waals surface area (Å²) in [5.41, 5.74) is -1.44. The molecule has 1 aliphatic carbocycles. The molecule has 1 unspecified atom stereocenters. The van der Waals surface area contributed by atoms with Crippen molar-refractivity contribution in [3.63, 3.8) is 0 Å². The Hall–Kier alpha value is -1.06. The lowest BCUT2D eigenvalue weighted by Crippen LogP contribution is -2.43. The summed E-state index contributed by atoms with van der Waals surface area (Å²) in [6.45, 7) is 8.96. The minimum absolute atomic E-state index is 0.130. The van der Waals surface area contributed by atoms with Crippen LogP contribution in [0.25, 0.3) is 0 Å². The predicted molar refractivity (Wildman–Crippen MR) is 100 cm³/mol. The molecule has 1 aliphatic rings. The van der Waals surface area contributed by atoms with E-state index in [4.69, 9.17) is 4.74 Å². The molecular formula is C21H38O4. The second kappa shape index (κ2) is 10.2. The molecule has 4 heteroatoms. The second-order valence-electron chi connectivity index (χ2n) is 8.62. The Morgan fingerprint density at radius 3 is 2.24 bits per heavy atom. The number of hydrogen-bond donors (Lipinski definition) is 1. The van der Waals surface area contributed by atoms with Crippen molar-refractivity contribution in [1.82, 2.24) is 0 Å². The molecule has 0 bridgehead atoms. The number of carboxylic acids is 1. The van der Waals surface area contributed by atoms with E-state index < -0.39 is 17.4 Å². The molecule has 0 aromatic heterocycles. The minimum Gasteiger partial charge on any atom is -0.480 e. The Kier molecular flexibility index (Phi) is 8.95. The monoisotopic (exact) mass is 354 g/mol. The molecule has 0 radical (unpaired) electrons. The largest absolute Gasteiger partial charge is 0.480 e. The van der Waals surface area contributed by atoms with Gasteiger partial charge in [-0.1, -0.05) is 85.5 Å². The smallest absolute Gasteiger partial charge is 0.323 e. The maximum atomic E-state index is 12.6. The Morgan fingerprint density at radius 2 is 1.68 bits per heavy atom. The van der Waals surface area contributed by atoms with Crippen molar-refractivity contribution in [2.45, 2.75) is 98.3 Å². The standard InChI is InChI=1S/C21H38O4/c1-5-6-7-8-10-13-17(2)20(3,4)16-25-19(24)21(18(22)23)14-11-9-12-15-21/h17H,5-16H2,1-4H3,(H,22,23). The van der Waals surface area contributed by atoms with Crippen molar-refractivity contribution >= 4 is 11.9 Å². The zero-order valence-corrected chi connectivity index (χ0v) is 16.7. The number of ether oxygens (including phenoxy) is 1. The molecule has 0 aromatic carbocycles. The molecule has 0 amide bonds. The third-order valence-corrected chi connectivity index (χ3v) is 6.16. The Morgan fingerprint density at radius 1 is 1.08 bits per heavy atom. The van der Waals surface area contributed by atoms with Gasteiger partial charge in [0.15, 0.2) is 5.41 Å². The fourth-order valence-corrected chi connectivity index (χ4v) is 3.64. The maximum absolute atomic E-state index is 12.6. The number of carbonyl (C=O) groups is 2. The molecule has 0 aliphatic heterocycles. The maximum Gasteiger partial charge on any atom is 0.323 e. The van der Waals surface area contributed by atoms with Crippen LogP contribution in [0.3, 0.4) is 0 Å². The molecule has 0 spiro atoms. The van der Waals surface area contributed by atoms with Crippen LogP contribution in [0.4, 0.5) is 0 Å². The van der Waals surface area contributed by atoms with Gasteiger partial charge in [0.2, 0.25) is 0 Å². The van der Waals surface area contributed by atoms with Crippen LogP contribution in [0.5, 0.6) is 0 Å². The van der Waals surface area contributed by atoms with Crippen molar-refractivity contribution in [3.8, 4) is 0 Å². The fraction of sp³-hybridized carbons (Fsp3) is 0.905. The molecule has 0 heterocycles. The van der Waals surface area contributed by atoms with E-state index in [9.17, 15) is 14.7 Å². The van der Waals surface area contributed by atoms with Crippen LogP contribution in [0.2, 0.25) is 0 Å². The zero-order chi connectivity index (χ0) is 18.9. The van der Waals surface area contributed by atoms with Crippen LogP contribution in [0, 0.1) is 16.7 Å². The summed E-state index contributed by atoms with van der Waals surface area (Å²) in [5.74, 6) is -1.10. The van der Waals surface area contributed by atoms with Crippen LogP contribution >= 0.6 is 0 Å². The van der Waals surface area contributed by atoms with Gasteiger partial charge in [-0.15, -0.1) is 0 Å². The predicted octanol–water partition coefficient (Wildman–Crippen LogP) is 5.59. The molecule has 4 nitrogen and oxygen atoms in total. The highest BCUT2D eigenvalue weighted by Gasteiger charge is 2.48. The van der Waals surface area contributed by atoms with Crippen molar-refractivity contribution < 1.29 is 19.4 Å². The lowest BCUT2D eigenvalue weighted by molar-refractivity contribution is -0.174. The number of carbonyl (C=O) groups excluding carboxylic acids is 1. The highest BCUT2D eigenvalue weighted by molar-refractivity contribution is 5.99. The van der Waals surface area contributed by atoms with Crippen molar-refractivity contribution in [2.24, 2.45) is 16.7 Å². The van der Waals surface area contributed by atoms with Crippen LogP contribution < -0.4 is 0 Å². The van der Waals surface area contributed by atoms with Crippen LogP contribution in [0.1, 0.15) is 98.3 Å². The van der Waals surface area contributed by atoms with Gasteiger partial charge in [-0.25, -0.2) is 0 Å². The van der Waals surface area contributed by atoms with Crippen molar-refractivity contribution in [1.29, 1.82) is 0 Å². The quantitative estimate of drug-likeness (QED) is 0.298. The van der Waals surface area contributed by atoms with Gasteiger partial charge in [-0.3, -0.25) is 9.59 Å². The molecular weight excluding hydrogens is 316 g/mol. The van der Waals surface area contributed by atoms with Gasteiger partial charge in [0, 0.05) is 5.41 Å². The van der Waals surface area contributed by atoms with E-state index in [0.717, 1.165) is 25.7 Å². The van der Waals surface area contributed by atoms with E-state index in [1.54, 1.807) is 0 Å². The van der Waals surface area contributed by atoms with Gasteiger partial charge in [0.05, 0.1) is 6.61 Å². The third kappa shape index (κ3) is 6.31. The second-order valence-corrected chi connectivity index (χ2v) is 8.62. The molecule has 1 N–H and O–H groups in total. The molecule has 0 aromatic rings. The first-order valence-electron chi connectivity index (χ1n) is 10.2. The fourth-order valence-electron chi connectivity index (χ4n) is 3.64. The summed E-state index contributed by atoms with van der Waals surface area (Å²) in [4.78, 5) is 24.3. The van der Waals surface area contributed by atoms with E-state index in [1.807, 2.05) is 0 Å². The summed E-state index contributed by atoms with van der Waals surface area (Å²) in [6.07, 6.45) is 10.8. The molecule has 1 fully saturated rings. The van der Waals surface area contributed by atoms with Gasteiger partial charge in [0.1, 0.15) is 0 Å². The minimum atomic E-state index is -1.31. The van der Waals surface area contributed by atoms with E-state index in [-0.39, 0.29) is 5.41 Å². The normalized spacial score (nSPS) is 18.6. The Bertz CT molecular complexity index is 422. The van der Waals surface area contributed by atoms with Gasteiger partial charge in [-0.05, 0) is 18.8 Å². The van der Waals surface area contributed by atoms with Crippen molar-refractivity contribution in [2.75, 3.05) is 6.61 Å². The number of hydrogen-bond acceptors (Lipinski definition) is 3. The first-order valence-corrected chi connectivity index (χ1v) is 10.2. The summed E-state index contributed by atoms with van der Waals surface area (Å²) >= 11 is 0. The SMILES string of the molecule is CCCCCCCC(C)C(C)(C)COC(=O)C1(C(=O)O)CCCCC1. The van der Waals surface area contributed by atoms with Gasteiger partial charge in [-0.2, -0.15) is 0 Å². The van der Waals surface area contributed by atoms with E-state index in [1.165, 1.54) is 32.1 Å². The van der Waals surface area contributed by atoms with E-state index in [0.29, 0.717) is 25.4 Å². The Balaban J connectivity index is 2.50. The van der Waals surface area contributed by atoms with Gasteiger partial charge >= 0.3 is 11.9 Å². The van der Waals surface area contributed by atoms with Crippen LogP contribution in [-0.2, 0) is 14.3 Å². The zero-order valence-electron chi connectivity index (χ0n) is 16.7. The van der Waals surface area contributed by atoms with E-state index >= 15 is 0 Å². The Labute approximate surface area is 153 Å². The van der Waals surface area contributed by atoms with Gasteiger partial charge in [0.25, 0.3) is 0 Å². The summed E-state index contributed by atoms with van der Waals surface area (Å²) in [5, 5.41) is 9.58. The third-order valence-electron chi connectivity index (χ3n) is 6.16. The first-order chi connectivity index (χ1) is 11.8. The van der Waals surface area contributed by atoms with Crippen LogP contribution in [-0.4, -0.2) is 23.7 Å². The molecule has 1 rings (SSSR count). The number of rotatable bonds is 11. The van der Waals surface area contributed by atoms with E-state index in [2.05, 4.69) is 27.7 Å². The highest BCUT2D eigenvalue weighted by atomic mass is 16.5. The summed E-state index contributed by atoms with van der Waals surface area (Å²) < 4.78 is 5.56. The summed E-state index contributed by atoms with van der Waals surface area (Å²) in [6, 6.07) is 0. The first kappa shape index (κ1) is 22.0. The molecule has 1 saturated carbocycles. The molecule has 146 valence electrons. The number of aliphatic carboxylic acids is 1. The molecule has 0 saturated heterocycles. The topological polar surface area (TPSA) is 63.6 Å². The van der Waals surface area contributed by atoms with Crippen LogP contribution in [0.15, 0.2) is 0 Å². The lowest BCUT2D eigenvalue weighted by atomic mass is 9.74. The van der Waals surface area contributed by atoms with Gasteiger partial charge < -0.3 is 9.84 Å². The molecule has 25 heavy (non-hydrogen) atoms. The number of esters is 1. The number of unbranched alkanes of at least 4 members (excludes halogenated alkanes) is 4. The summed E-state index contributed by atoms with van der Waals surface area (Å²) in [7, 11) is 0. The average Bonchev–Trinajstić information content (AvgIpc) is 2.59. The van der Waals surface area contributed by atoms with Crippen molar-refractivity contribution in [3.05, 3.63) is 0 Å². The highest BCUT2D eigenvalue weighted by Crippen LogP contribution is 2.39. The number of carboxylic acid groups (broad SMARTS) is 1.